The molecule has 7 nitrogen and oxygen atoms in total. The third kappa shape index (κ3) is 6.44. The van der Waals surface area contributed by atoms with E-state index in [4.69, 9.17) is 0 Å². The fourth-order valence-corrected chi connectivity index (χ4v) is 2.19. The number of halogens is 2. The van der Waals surface area contributed by atoms with E-state index in [1.807, 2.05) is 0 Å². The molecule has 1 atom stereocenters. The smallest absolute Gasteiger partial charge is 0.387 e. The van der Waals surface area contributed by atoms with Gasteiger partial charge in [-0.3, -0.25) is 9.78 Å². The van der Waals surface area contributed by atoms with Gasteiger partial charge in [0.1, 0.15) is 18.3 Å². The molecule has 9 heteroatoms. The van der Waals surface area contributed by atoms with E-state index >= 15 is 0 Å². The first-order chi connectivity index (χ1) is 12.4. The largest absolute Gasteiger partial charge is 0.544 e. The highest BCUT2D eigenvalue weighted by Crippen LogP contribution is 2.17. The molecule has 1 aromatic carbocycles. The summed E-state index contributed by atoms with van der Waals surface area (Å²) < 4.78 is 28.4. The third-order valence-electron chi connectivity index (χ3n) is 3.43. The number of nitrogens with zero attached hydrogens (tertiary/aromatic N) is 1. The van der Waals surface area contributed by atoms with E-state index in [1.165, 1.54) is 29.6 Å². The first-order valence-electron chi connectivity index (χ1n) is 7.72. The highest BCUT2D eigenvalue weighted by Gasteiger charge is 2.18. The molecule has 0 saturated carbocycles. The van der Waals surface area contributed by atoms with Gasteiger partial charge in [0.05, 0.1) is 12.4 Å². The minimum atomic E-state index is -2.94. The Morgan fingerprint density at radius 1 is 1.23 bits per heavy atom. The fraction of sp³-hybridized carbons (Fsp3) is 0.235. The maximum atomic E-state index is 12.1. The maximum Gasteiger partial charge on any atom is 0.387 e. The number of nitrogens with one attached hydrogen (secondary N) is 1. The molecule has 0 fully saturated rings. The number of benzene rings is 1. The van der Waals surface area contributed by atoms with Crippen LogP contribution in [0.5, 0.6) is 5.75 Å². The Morgan fingerprint density at radius 3 is 2.54 bits per heavy atom. The molecule has 2 aromatic rings. The summed E-state index contributed by atoms with van der Waals surface area (Å²) in [6.45, 7) is -2.60. The van der Waals surface area contributed by atoms with Crippen LogP contribution < -0.4 is 20.5 Å². The second-order valence-electron chi connectivity index (χ2n) is 5.38. The molecule has 1 aromatic heterocycles. The van der Waals surface area contributed by atoms with Crippen molar-refractivity contribution in [3.63, 3.8) is 0 Å². The number of hydrogen-bond acceptors (Lipinski definition) is 5. The average Bonchev–Trinajstić information content (AvgIpc) is 2.60. The Kier molecular flexibility index (Phi) is 6.98. The van der Waals surface area contributed by atoms with Crippen molar-refractivity contribution in [3.05, 3.63) is 54.4 Å². The van der Waals surface area contributed by atoms with E-state index in [-0.39, 0.29) is 12.2 Å². The molecule has 3 N–H and O–H groups in total. The summed E-state index contributed by atoms with van der Waals surface area (Å²) in [5.74, 6) is -1.94. The van der Waals surface area contributed by atoms with Gasteiger partial charge in [0, 0.05) is 23.6 Å². The maximum absolute atomic E-state index is 12.1. The van der Waals surface area contributed by atoms with Crippen LogP contribution in [0.4, 0.5) is 14.5 Å². The van der Waals surface area contributed by atoms with E-state index in [2.05, 4.69) is 15.0 Å². The monoisotopic (exact) mass is 365 g/mol. The van der Waals surface area contributed by atoms with Crippen LogP contribution in [0.15, 0.2) is 48.8 Å². The fourth-order valence-electron chi connectivity index (χ4n) is 2.19. The number of rotatable bonds is 9. The van der Waals surface area contributed by atoms with Crippen LogP contribution >= 0.6 is 0 Å². The van der Waals surface area contributed by atoms with Crippen LogP contribution in [0.1, 0.15) is 12.0 Å². The Balaban J connectivity index is 1.87. The van der Waals surface area contributed by atoms with Crippen LogP contribution in [0.2, 0.25) is 0 Å². The Labute approximate surface area is 148 Å². The van der Waals surface area contributed by atoms with E-state index in [0.29, 0.717) is 12.2 Å². The van der Waals surface area contributed by atoms with Gasteiger partial charge in [-0.25, -0.2) is 0 Å². The lowest BCUT2D eigenvalue weighted by atomic mass is 10.1. The number of carbonyl (C=O) groups is 2. The Hall–Kier alpha value is -3.07. The van der Waals surface area contributed by atoms with Gasteiger partial charge in [-0.05, 0) is 30.3 Å². The normalized spacial score (nSPS) is 11.8. The summed E-state index contributed by atoms with van der Waals surface area (Å²) in [7, 11) is 0. The molecule has 0 aliphatic rings. The first-order valence-corrected chi connectivity index (χ1v) is 7.72. The predicted octanol–water partition coefficient (Wildman–Crippen LogP) is -0.106. The number of hydrogen-bond donors (Lipinski definition) is 2. The summed E-state index contributed by atoms with van der Waals surface area (Å²) in [5.41, 5.74) is 1.15. The van der Waals surface area contributed by atoms with Gasteiger partial charge in [-0.2, -0.15) is 8.78 Å². The van der Waals surface area contributed by atoms with Gasteiger partial charge in [0.2, 0.25) is 5.91 Å². The number of ether oxygens (including phenoxy) is 1. The van der Waals surface area contributed by atoms with Gasteiger partial charge in [0.25, 0.3) is 0 Å². The van der Waals surface area contributed by atoms with E-state index < -0.39 is 24.5 Å². The van der Waals surface area contributed by atoms with Crippen molar-refractivity contribution in [2.75, 3.05) is 5.32 Å². The molecule has 26 heavy (non-hydrogen) atoms. The van der Waals surface area contributed by atoms with Crippen LogP contribution in [0.25, 0.3) is 0 Å². The van der Waals surface area contributed by atoms with Gasteiger partial charge in [-0.15, -0.1) is 0 Å². The minimum absolute atomic E-state index is 0.0459. The number of carbonyl (C=O) groups excluding carboxylic acids is 2. The second kappa shape index (κ2) is 9.42. The van der Waals surface area contributed by atoms with Crippen molar-refractivity contribution >= 4 is 17.6 Å². The topological polar surface area (TPSA) is 108 Å². The van der Waals surface area contributed by atoms with Gasteiger partial charge < -0.3 is 25.3 Å². The number of pyridine rings is 1. The van der Waals surface area contributed by atoms with Crippen LogP contribution in [-0.2, 0) is 16.1 Å². The number of nitrogens with two attached hydrogens (primary N) is 1. The highest BCUT2D eigenvalue weighted by atomic mass is 19.3. The zero-order valence-electron chi connectivity index (χ0n) is 13.6. The first kappa shape index (κ1) is 19.3. The van der Waals surface area contributed by atoms with E-state index in [1.54, 1.807) is 24.5 Å². The summed E-state index contributed by atoms with van der Waals surface area (Å²) in [6.07, 6.45) is 2.90. The molecule has 0 saturated heterocycles. The van der Waals surface area contributed by atoms with Gasteiger partial charge in [-0.1, -0.05) is 6.07 Å². The molecule has 0 bridgehead atoms. The van der Waals surface area contributed by atoms with Crippen molar-refractivity contribution in [2.45, 2.75) is 25.6 Å². The van der Waals surface area contributed by atoms with Gasteiger partial charge >= 0.3 is 6.61 Å². The lowest BCUT2D eigenvalue weighted by Crippen LogP contribution is -2.92. The number of anilines is 1. The lowest BCUT2D eigenvalue weighted by molar-refractivity contribution is -0.697. The summed E-state index contributed by atoms with van der Waals surface area (Å²) >= 11 is 0. The zero-order valence-corrected chi connectivity index (χ0v) is 13.6. The highest BCUT2D eigenvalue weighted by molar-refractivity contribution is 5.93. The summed E-state index contributed by atoms with van der Waals surface area (Å²) in [6, 6.07) is 7.74. The van der Waals surface area contributed by atoms with Crippen LogP contribution in [0, 0.1) is 0 Å². The van der Waals surface area contributed by atoms with Crippen LogP contribution in [0.3, 0.4) is 0 Å². The number of amides is 1. The Morgan fingerprint density at radius 2 is 1.96 bits per heavy atom. The quantitative estimate of drug-likeness (QED) is 0.645. The number of carboxylic acid groups (broad SMARTS) is 1. The minimum Gasteiger partial charge on any atom is -0.544 e. The molecule has 2 rings (SSSR count). The molecule has 0 spiro atoms. The number of carboxylic acids is 1. The van der Waals surface area contributed by atoms with Crippen LogP contribution in [-0.4, -0.2) is 29.5 Å². The average molecular weight is 365 g/mol. The molecule has 0 aliphatic heterocycles. The zero-order chi connectivity index (χ0) is 18.9. The standard InChI is InChI=1S/C17H17F2N3O4/c18-17(19)26-13-5-3-12(4-6-13)22-15(23)8-14(16(24)25)21-10-11-2-1-7-20-9-11/h1-7,9,14,17,21H,8,10H2,(H,22,23)(H,24,25)/t14-/m0/s1. The lowest BCUT2D eigenvalue weighted by Gasteiger charge is -2.16. The van der Waals surface area contributed by atoms with Crippen molar-refractivity contribution in [3.8, 4) is 5.75 Å². The second-order valence-corrected chi connectivity index (χ2v) is 5.38. The predicted molar refractivity (Wildman–Crippen MR) is 85.0 cm³/mol. The number of quaternary nitrogens is 1. The van der Waals surface area contributed by atoms with E-state index in [0.717, 1.165) is 5.56 Å². The van der Waals surface area contributed by atoms with E-state index in [9.17, 15) is 23.5 Å². The Bertz CT molecular complexity index is 727. The molecule has 0 radical (unpaired) electrons. The molecule has 138 valence electrons. The SMILES string of the molecule is O=C(C[C@H]([NH2+]Cc1cccnc1)C(=O)[O-])Nc1ccc(OC(F)F)cc1. The third-order valence-corrected chi connectivity index (χ3v) is 3.43. The number of aromatic nitrogens is 1. The molecule has 0 aliphatic carbocycles. The summed E-state index contributed by atoms with van der Waals surface area (Å²) in [4.78, 5) is 27.2. The van der Waals surface area contributed by atoms with Crippen molar-refractivity contribution in [2.24, 2.45) is 0 Å². The van der Waals surface area contributed by atoms with Gasteiger partial charge in [0.15, 0.2) is 0 Å². The van der Waals surface area contributed by atoms with Crippen molar-refractivity contribution < 1.29 is 33.5 Å². The number of alkyl halides is 2. The molecule has 1 amide bonds. The molecular weight excluding hydrogens is 348 g/mol. The summed E-state index contributed by atoms with van der Waals surface area (Å²) in [5, 5.41) is 15.2. The molecular formula is C17H17F2N3O4. The molecule has 0 unspecified atom stereocenters. The van der Waals surface area contributed by atoms with Crippen molar-refractivity contribution in [1.29, 1.82) is 0 Å². The number of aliphatic carboxylic acids is 1. The molecule has 1 heterocycles. The van der Waals surface area contributed by atoms with Crippen molar-refractivity contribution in [1.82, 2.24) is 4.98 Å².